The van der Waals surface area contributed by atoms with Gasteiger partial charge >= 0.3 is 6.18 Å². The summed E-state index contributed by atoms with van der Waals surface area (Å²) in [6, 6.07) is 7.41. The Kier molecular flexibility index (Phi) is 6.38. The molecule has 0 heterocycles. The summed E-state index contributed by atoms with van der Waals surface area (Å²) in [5.74, 6) is -0.353. The van der Waals surface area contributed by atoms with Crippen LogP contribution in [0.4, 0.5) is 22.0 Å². The lowest BCUT2D eigenvalue weighted by Gasteiger charge is -2.42. The number of halogens is 5. The Bertz CT molecular complexity index is 923. The van der Waals surface area contributed by atoms with Crippen molar-refractivity contribution in [3.05, 3.63) is 59.2 Å². The monoisotopic (exact) mass is 438 g/mol. The zero-order valence-corrected chi connectivity index (χ0v) is 17.5. The molecule has 0 spiro atoms. The number of benzene rings is 2. The van der Waals surface area contributed by atoms with Gasteiger partial charge in [0.1, 0.15) is 11.6 Å². The minimum atomic E-state index is -4.77. The third kappa shape index (κ3) is 4.79. The van der Waals surface area contributed by atoms with E-state index in [0.29, 0.717) is 24.0 Å². The van der Waals surface area contributed by atoms with E-state index in [9.17, 15) is 22.0 Å². The van der Waals surface area contributed by atoms with Gasteiger partial charge < -0.3 is 4.74 Å². The van der Waals surface area contributed by atoms with Crippen LogP contribution < -0.4 is 0 Å². The molecule has 0 aromatic heterocycles. The molecule has 0 radical (unpaired) electrons. The molecule has 6 heteroatoms. The number of rotatable bonds is 4. The Morgan fingerprint density at radius 1 is 0.871 bits per heavy atom. The van der Waals surface area contributed by atoms with Crippen molar-refractivity contribution >= 4 is 0 Å². The third-order valence-corrected chi connectivity index (χ3v) is 7.02. The first-order valence-corrected chi connectivity index (χ1v) is 11.0. The summed E-state index contributed by atoms with van der Waals surface area (Å²) in [6.07, 6.45) is 2.04. The molecule has 0 N–H and O–H groups in total. The fourth-order valence-electron chi connectivity index (χ4n) is 5.47. The summed E-state index contributed by atoms with van der Waals surface area (Å²) in [5.41, 5.74) is -0.210. The summed E-state index contributed by atoms with van der Waals surface area (Å²) in [4.78, 5) is 0. The first-order chi connectivity index (χ1) is 14.8. The highest BCUT2D eigenvalue weighted by molar-refractivity contribution is 5.65. The Morgan fingerprint density at radius 3 is 2.29 bits per heavy atom. The first kappa shape index (κ1) is 22.3. The number of hydrogen-bond donors (Lipinski definition) is 0. The summed E-state index contributed by atoms with van der Waals surface area (Å²) >= 11 is 0. The molecular formula is C25H27F5O. The topological polar surface area (TPSA) is 9.23 Å². The average Bonchev–Trinajstić information content (AvgIpc) is 2.72. The second-order valence-corrected chi connectivity index (χ2v) is 8.85. The van der Waals surface area contributed by atoms with Gasteiger partial charge in [0.2, 0.25) is 0 Å². The molecule has 1 nitrogen and oxygen atoms in total. The molecule has 31 heavy (non-hydrogen) atoms. The molecule has 2 aromatic rings. The van der Waals surface area contributed by atoms with Gasteiger partial charge in [-0.1, -0.05) is 18.2 Å². The highest BCUT2D eigenvalue weighted by Crippen LogP contribution is 2.47. The van der Waals surface area contributed by atoms with Gasteiger partial charge in [0, 0.05) is 12.2 Å². The standard InChI is InChI=1S/C25H27F5O/c1-2-31-20-8-5-16-11-15(3-4-17(16)12-20)18-6-9-21(23(26)13-18)19-7-10-22(24(27)14-19)25(28,29)30/h6-7,9-10,13-17,20H,2-5,8,11-12H2,1H3. The van der Waals surface area contributed by atoms with Crippen molar-refractivity contribution in [3.8, 4) is 11.1 Å². The van der Waals surface area contributed by atoms with Crippen LogP contribution in [0.2, 0.25) is 0 Å². The second kappa shape index (κ2) is 8.89. The lowest BCUT2D eigenvalue weighted by atomic mass is 9.65. The highest BCUT2D eigenvalue weighted by atomic mass is 19.4. The number of hydrogen-bond acceptors (Lipinski definition) is 1. The molecule has 0 saturated heterocycles. The van der Waals surface area contributed by atoms with E-state index < -0.39 is 23.4 Å². The Balaban J connectivity index is 1.48. The molecule has 0 aliphatic heterocycles. The van der Waals surface area contributed by atoms with Gasteiger partial charge in [-0.25, -0.2) is 8.78 Å². The zero-order valence-electron chi connectivity index (χ0n) is 17.5. The van der Waals surface area contributed by atoms with Crippen LogP contribution in [0.3, 0.4) is 0 Å². The molecule has 4 unspecified atom stereocenters. The Hall–Kier alpha value is -1.95. The Labute approximate surface area is 179 Å². The zero-order chi connectivity index (χ0) is 22.2. The molecule has 2 fully saturated rings. The van der Waals surface area contributed by atoms with E-state index in [1.54, 1.807) is 6.07 Å². The number of ether oxygens (including phenoxy) is 1. The predicted octanol–water partition coefficient (Wildman–Crippen LogP) is 7.74. The molecular weight excluding hydrogens is 411 g/mol. The minimum Gasteiger partial charge on any atom is -0.378 e. The van der Waals surface area contributed by atoms with Crippen LogP contribution in [0, 0.1) is 23.5 Å². The molecule has 2 saturated carbocycles. The van der Waals surface area contributed by atoms with Crippen LogP contribution in [-0.4, -0.2) is 12.7 Å². The van der Waals surface area contributed by atoms with E-state index in [4.69, 9.17) is 4.74 Å². The molecule has 2 aliphatic carbocycles. The summed E-state index contributed by atoms with van der Waals surface area (Å²) < 4.78 is 72.9. The molecule has 168 valence electrons. The van der Waals surface area contributed by atoms with Crippen molar-refractivity contribution in [1.82, 2.24) is 0 Å². The van der Waals surface area contributed by atoms with E-state index in [-0.39, 0.29) is 17.0 Å². The molecule has 2 aromatic carbocycles. The SMILES string of the molecule is CCOC1CCC2CC(c3ccc(-c4ccc(C(F)(F)F)c(F)c4)c(F)c3)CCC2C1. The maximum atomic E-state index is 14.9. The largest absolute Gasteiger partial charge is 0.419 e. The van der Waals surface area contributed by atoms with Gasteiger partial charge in [-0.15, -0.1) is 0 Å². The third-order valence-electron chi connectivity index (χ3n) is 7.02. The van der Waals surface area contributed by atoms with E-state index in [1.807, 2.05) is 13.0 Å². The lowest BCUT2D eigenvalue weighted by molar-refractivity contribution is -0.139. The predicted molar refractivity (Wildman–Crippen MR) is 110 cm³/mol. The van der Waals surface area contributed by atoms with E-state index in [1.165, 1.54) is 6.07 Å². The van der Waals surface area contributed by atoms with Crippen LogP contribution in [0.15, 0.2) is 36.4 Å². The first-order valence-electron chi connectivity index (χ1n) is 11.0. The van der Waals surface area contributed by atoms with Crippen LogP contribution in [0.5, 0.6) is 0 Å². The molecule has 4 atom stereocenters. The van der Waals surface area contributed by atoms with Gasteiger partial charge in [-0.3, -0.25) is 0 Å². The van der Waals surface area contributed by atoms with Crippen molar-refractivity contribution in [2.24, 2.45) is 11.8 Å². The van der Waals surface area contributed by atoms with Gasteiger partial charge in [-0.05, 0) is 92.5 Å². The van der Waals surface area contributed by atoms with Gasteiger partial charge in [0.15, 0.2) is 0 Å². The van der Waals surface area contributed by atoms with Gasteiger partial charge in [-0.2, -0.15) is 13.2 Å². The maximum Gasteiger partial charge on any atom is 0.419 e. The summed E-state index contributed by atoms with van der Waals surface area (Å²) in [6.45, 7) is 2.78. The van der Waals surface area contributed by atoms with E-state index in [2.05, 4.69) is 0 Å². The fraction of sp³-hybridized carbons (Fsp3) is 0.520. The fourth-order valence-corrected chi connectivity index (χ4v) is 5.47. The maximum absolute atomic E-state index is 14.9. The van der Waals surface area contributed by atoms with Crippen molar-refractivity contribution in [3.63, 3.8) is 0 Å². The van der Waals surface area contributed by atoms with Crippen LogP contribution in [0.1, 0.15) is 62.5 Å². The molecule has 4 rings (SSSR count). The summed E-state index contributed by atoms with van der Waals surface area (Å²) in [5, 5.41) is 0. The van der Waals surface area contributed by atoms with Crippen molar-refractivity contribution in [1.29, 1.82) is 0 Å². The molecule has 0 amide bonds. The quantitative estimate of drug-likeness (QED) is 0.444. The van der Waals surface area contributed by atoms with Crippen molar-refractivity contribution < 1.29 is 26.7 Å². The van der Waals surface area contributed by atoms with Crippen LogP contribution in [-0.2, 0) is 10.9 Å². The number of fused-ring (bicyclic) bond motifs is 1. The van der Waals surface area contributed by atoms with E-state index in [0.717, 1.165) is 62.8 Å². The van der Waals surface area contributed by atoms with Gasteiger partial charge in [0.05, 0.1) is 11.7 Å². The molecule has 0 bridgehead atoms. The normalized spacial score (nSPS) is 26.5. The number of alkyl halides is 3. The highest BCUT2D eigenvalue weighted by Gasteiger charge is 2.37. The second-order valence-electron chi connectivity index (χ2n) is 8.85. The van der Waals surface area contributed by atoms with Crippen LogP contribution in [0.25, 0.3) is 11.1 Å². The van der Waals surface area contributed by atoms with Crippen LogP contribution >= 0.6 is 0 Å². The Morgan fingerprint density at radius 2 is 1.61 bits per heavy atom. The van der Waals surface area contributed by atoms with Crippen molar-refractivity contribution in [2.45, 2.75) is 63.6 Å². The minimum absolute atomic E-state index is 0.104. The molecule has 2 aliphatic rings. The van der Waals surface area contributed by atoms with Gasteiger partial charge in [0.25, 0.3) is 0 Å². The van der Waals surface area contributed by atoms with E-state index >= 15 is 0 Å². The smallest absolute Gasteiger partial charge is 0.378 e. The lowest BCUT2D eigenvalue weighted by Crippen LogP contribution is -2.33. The summed E-state index contributed by atoms with van der Waals surface area (Å²) in [7, 11) is 0. The average molecular weight is 438 g/mol. The van der Waals surface area contributed by atoms with Crippen molar-refractivity contribution in [2.75, 3.05) is 6.61 Å².